The standard InChI is InChI=1S/C17H14FN5O3/c1-11-14(18)8-13(9-15(11)23(25)26)17(24)20-10-12-4-2-5-19-16(12)22-7-3-6-21-22/h2-9H,10H2,1H3,(H,20,24). The third-order valence-corrected chi connectivity index (χ3v) is 3.80. The minimum absolute atomic E-state index is 0.102. The maximum Gasteiger partial charge on any atom is 0.276 e. The second-order valence-corrected chi connectivity index (χ2v) is 5.48. The van der Waals surface area contributed by atoms with Gasteiger partial charge >= 0.3 is 0 Å². The highest BCUT2D eigenvalue weighted by Crippen LogP contribution is 2.23. The Morgan fingerprint density at radius 2 is 2.15 bits per heavy atom. The first-order chi connectivity index (χ1) is 12.5. The number of nitro benzene ring substituents is 1. The van der Waals surface area contributed by atoms with E-state index in [0.717, 1.165) is 12.1 Å². The molecule has 0 aliphatic heterocycles. The summed E-state index contributed by atoms with van der Waals surface area (Å²) in [5.74, 6) is -0.885. The Morgan fingerprint density at radius 3 is 2.85 bits per heavy atom. The van der Waals surface area contributed by atoms with Gasteiger partial charge in [-0.3, -0.25) is 14.9 Å². The van der Waals surface area contributed by atoms with E-state index in [1.54, 1.807) is 41.5 Å². The Bertz CT molecular complexity index is 973. The predicted molar refractivity (Wildman–Crippen MR) is 90.3 cm³/mol. The Morgan fingerprint density at radius 1 is 1.35 bits per heavy atom. The highest BCUT2D eigenvalue weighted by molar-refractivity contribution is 5.95. The monoisotopic (exact) mass is 355 g/mol. The summed E-state index contributed by atoms with van der Waals surface area (Å²) >= 11 is 0. The molecule has 0 spiro atoms. The lowest BCUT2D eigenvalue weighted by atomic mass is 10.1. The molecule has 8 nitrogen and oxygen atoms in total. The van der Waals surface area contributed by atoms with Crippen molar-refractivity contribution in [2.75, 3.05) is 0 Å². The van der Waals surface area contributed by atoms with Crippen LogP contribution in [0.1, 0.15) is 21.5 Å². The van der Waals surface area contributed by atoms with Gasteiger partial charge in [-0.05, 0) is 25.1 Å². The van der Waals surface area contributed by atoms with Crippen LogP contribution in [0.3, 0.4) is 0 Å². The summed E-state index contributed by atoms with van der Waals surface area (Å²) in [6.45, 7) is 1.40. The van der Waals surface area contributed by atoms with Crippen molar-refractivity contribution in [3.8, 4) is 5.82 Å². The number of carbonyl (C=O) groups excluding carboxylic acids is 1. The molecule has 0 unspecified atom stereocenters. The number of nitrogens with zero attached hydrogens (tertiary/aromatic N) is 4. The van der Waals surface area contributed by atoms with Crippen LogP contribution < -0.4 is 5.32 Å². The van der Waals surface area contributed by atoms with Crippen molar-refractivity contribution in [2.24, 2.45) is 0 Å². The predicted octanol–water partition coefficient (Wildman–Crippen LogP) is 2.55. The minimum atomic E-state index is -0.803. The van der Waals surface area contributed by atoms with Crippen molar-refractivity contribution in [3.63, 3.8) is 0 Å². The molecule has 0 aliphatic carbocycles. The van der Waals surface area contributed by atoms with E-state index in [4.69, 9.17) is 0 Å². The largest absolute Gasteiger partial charge is 0.348 e. The second kappa shape index (κ2) is 7.09. The van der Waals surface area contributed by atoms with E-state index in [1.807, 2.05) is 0 Å². The second-order valence-electron chi connectivity index (χ2n) is 5.48. The third kappa shape index (κ3) is 3.41. The molecule has 3 aromatic rings. The summed E-state index contributed by atoms with van der Waals surface area (Å²) in [6, 6.07) is 7.26. The molecule has 2 heterocycles. The van der Waals surface area contributed by atoms with Gasteiger partial charge in [0, 0.05) is 42.3 Å². The Labute approximate surface area is 147 Å². The molecule has 0 saturated heterocycles. The number of halogens is 1. The molecule has 0 aliphatic rings. The summed E-state index contributed by atoms with van der Waals surface area (Å²) in [5, 5.41) is 17.7. The number of aromatic nitrogens is 3. The van der Waals surface area contributed by atoms with Crippen molar-refractivity contribution in [2.45, 2.75) is 13.5 Å². The molecule has 1 amide bonds. The summed E-state index contributed by atoms with van der Waals surface area (Å²) < 4.78 is 15.4. The Kier molecular flexibility index (Phi) is 4.70. The third-order valence-electron chi connectivity index (χ3n) is 3.80. The van der Waals surface area contributed by atoms with Gasteiger partial charge in [-0.15, -0.1) is 0 Å². The van der Waals surface area contributed by atoms with E-state index in [9.17, 15) is 19.3 Å². The molecule has 2 aromatic heterocycles. The van der Waals surface area contributed by atoms with Gasteiger partial charge < -0.3 is 5.32 Å². The summed E-state index contributed by atoms with van der Waals surface area (Å²) in [4.78, 5) is 26.8. The quantitative estimate of drug-likeness (QED) is 0.560. The molecule has 0 saturated carbocycles. The molecule has 0 bridgehead atoms. The number of rotatable bonds is 5. The maximum atomic E-state index is 13.9. The topological polar surface area (TPSA) is 103 Å². The molecule has 0 atom stereocenters. The van der Waals surface area contributed by atoms with Crippen LogP contribution in [-0.2, 0) is 6.54 Å². The van der Waals surface area contributed by atoms with Crippen molar-refractivity contribution >= 4 is 11.6 Å². The molecule has 0 radical (unpaired) electrons. The summed E-state index contributed by atoms with van der Waals surface area (Å²) in [7, 11) is 0. The molecule has 132 valence electrons. The van der Waals surface area contributed by atoms with Crippen molar-refractivity contribution < 1.29 is 14.1 Å². The smallest absolute Gasteiger partial charge is 0.276 e. The number of nitro groups is 1. The number of nitrogens with one attached hydrogen (secondary N) is 1. The number of hydrogen-bond donors (Lipinski definition) is 1. The van der Waals surface area contributed by atoms with Crippen LogP contribution in [0.15, 0.2) is 48.9 Å². The van der Waals surface area contributed by atoms with E-state index in [-0.39, 0.29) is 17.7 Å². The van der Waals surface area contributed by atoms with Crippen LogP contribution in [0.25, 0.3) is 5.82 Å². The van der Waals surface area contributed by atoms with Gasteiger partial charge in [-0.25, -0.2) is 14.1 Å². The van der Waals surface area contributed by atoms with E-state index in [1.165, 1.54) is 6.92 Å². The normalized spacial score (nSPS) is 10.5. The number of hydrogen-bond acceptors (Lipinski definition) is 5. The fraction of sp³-hybridized carbons (Fsp3) is 0.118. The van der Waals surface area contributed by atoms with E-state index in [0.29, 0.717) is 11.4 Å². The van der Waals surface area contributed by atoms with Crippen LogP contribution in [0, 0.1) is 22.9 Å². The van der Waals surface area contributed by atoms with Gasteiger partial charge in [0.05, 0.1) is 10.5 Å². The lowest BCUT2D eigenvalue weighted by Crippen LogP contribution is -2.24. The molecule has 9 heteroatoms. The zero-order chi connectivity index (χ0) is 18.7. The molecule has 1 aromatic carbocycles. The Hall–Kier alpha value is -3.62. The van der Waals surface area contributed by atoms with Crippen LogP contribution >= 0.6 is 0 Å². The fourth-order valence-corrected chi connectivity index (χ4v) is 2.43. The molecule has 1 N–H and O–H groups in total. The van der Waals surface area contributed by atoms with Crippen molar-refractivity contribution in [1.29, 1.82) is 0 Å². The highest BCUT2D eigenvalue weighted by atomic mass is 19.1. The van der Waals surface area contributed by atoms with E-state index in [2.05, 4.69) is 15.4 Å². The first-order valence-corrected chi connectivity index (χ1v) is 7.64. The SMILES string of the molecule is Cc1c(F)cc(C(=O)NCc2cccnc2-n2cccn2)cc1[N+](=O)[O-]. The first-order valence-electron chi connectivity index (χ1n) is 7.64. The van der Waals surface area contributed by atoms with Crippen molar-refractivity contribution in [1.82, 2.24) is 20.1 Å². The van der Waals surface area contributed by atoms with Gasteiger partial charge in [0.2, 0.25) is 0 Å². The summed E-state index contributed by atoms with van der Waals surface area (Å²) in [5.41, 5.74) is 0.0181. The average molecular weight is 355 g/mol. The van der Waals surface area contributed by atoms with Crippen LogP contribution in [0.2, 0.25) is 0 Å². The molecule has 0 fully saturated rings. The average Bonchev–Trinajstić information content (AvgIpc) is 3.16. The highest BCUT2D eigenvalue weighted by Gasteiger charge is 2.19. The van der Waals surface area contributed by atoms with Crippen LogP contribution in [0.5, 0.6) is 0 Å². The van der Waals surface area contributed by atoms with Crippen LogP contribution in [0.4, 0.5) is 10.1 Å². The zero-order valence-electron chi connectivity index (χ0n) is 13.7. The minimum Gasteiger partial charge on any atom is -0.348 e. The first kappa shape index (κ1) is 17.2. The number of benzene rings is 1. The van der Waals surface area contributed by atoms with E-state index >= 15 is 0 Å². The molecule has 26 heavy (non-hydrogen) atoms. The van der Waals surface area contributed by atoms with Gasteiger partial charge in [0.1, 0.15) is 5.82 Å². The fourth-order valence-electron chi connectivity index (χ4n) is 2.43. The van der Waals surface area contributed by atoms with Gasteiger partial charge in [0.15, 0.2) is 5.82 Å². The van der Waals surface area contributed by atoms with Crippen molar-refractivity contribution in [3.05, 3.63) is 81.5 Å². The lowest BCUT2D eigenvalue weighted by molar-refractivity contribution is -0.385. The number of pyridine rings is 1. The Balaban J connectivity index is 1.82. The lowest BCUT2D eigenvalue weighted by Gasteiger charge is -2.10. The molecule has 3 rings (SSSR count). The number of amides is 1. The molecular formula is C17H14FN5O3. The van der Waals surface area contributed by atoms with Gasteiger partial charge in [-0.2, -0.15) is 5.10 Å². The van der Waals surface area contributed by atoms with Gasteiger partial charge in [-0.1, -0.05) is 6.07 Å². The zero-order valence-corrected chi connectivity index (χ0v) is 13.7. The maximum absolute atomic E-state index is 13.9. The van der Waals surface area contributed by atoms with Crippen LogP contribution in [-0.4, -0.2) is 25.6 Å². The van der Waals surface area contributed by atoms with E-state index < -0.39 is 22.3 Å². The summed E-state index contributed by atoms with van der Waals surface area (Å²) in [6.07, 6.45) is 4.92. The van der Waals surface area contributed by atoms with Gasteiger partial charge in [0.25, 0.3) is 11.6 Å². The molecular weight excluding hydrogens is 341 g/mol. The number of carbonyl (C=O) groups is 1.